The van der Waals surface area contributed by atoms with Crippen LogP contribution in [0.3, 0.4) is 0 Å². The van der Waals surface area contributed by atoms with E-state index in [-0.39, 0.29) is 31.4 Å². The zero-order chi connectivity index (χ0) is 5.54. The molecule has 0 amide bonds. The Labute approximate surface area is 67.8 Å². The second-order valence-corrected chi connectivity index (χ2v) is 1.26. The number of halogens is 2. The summed E-state index contributed by atoms with van der Waals surface area (Å²) in [4.78, 5) is 0. The first-order valence-electron chi connectivity index (χ1n) is 2.43. The smallest absolute Gasteiger partial charge is 0.0555 e. The molecule has 0 radical (unpaired) electrons. The van der Waals surface area contributed by atoms with Gasteiger partial charge in [0, 0.05) is 19.6 Å². The standard InChI is InChI=1S/C4H12N2O.2ClH/c5-1-2-6-3-4-7;;/h6-7H,1-5H2;2*1H. The molecule has 0 aromatic carbocycles. The first-order valence-corrected chi connectivity index (χ1v) is 2.43. The average Bonchev–Trinajstić information content (AvgIpc) is 1.69. The van der Waals surface area contributed by atoms with E-state index in [1.807, 2.05) is 0 Å². The predicted molar refractivity (Wildman–Crippen MR) is 43.5 cm³/mol. The Morgan fingerprint density at radius 3 is 2.11 bits per heavy atom. The molecule has 4 N–H and O–H groups in total. The molecule has 0 aliphatic rings. The minimum Gasteiger partial charge on any atom is -0.395 e. The van der Waals surface area contributed by atoms with Crippen LogP contribution in [0.5, 0.6) is 0 Å². The normalized spacial score (nSPS) is 7.33. The summed E-state index contributed by atoms with van der Waals surface area (Å²) >= 11 is 0. The van der Waals surface area contributed by atoms with Crippen LogP contribution in [0.1, 0.15) is 0 Å². The summed E-state index contributed by atoms with van der Waals surface area (Å²) in [5.74, 6) is 0. The van der Waals surface area contributed by atoms with E-state index < -0.39 is 0 Å². The fraction of sp³-hybridized carbons (Fsp3) is 1.00. The minimum atomic E-state index is 0. The van der Waals surface area contributed by atoms with Crippen molar-refractivity contribution in [2.24, 2.45) is 5.73 Å². The number of nitrogens with two attached hydrogens (primary N) is 1. The summed E-state index contributed by atoms with van der Waals surface area (Å²) in [5.41, 5.74) is 5.13. The van der Waals surface area contributed by atoms with Gasteiger partial charge in [-0.05, 0) is 0 Å². The summed E-state index contributed by atoms with van der Waals surface area (Å²) in [6.45, 7) is 2.28. The fourth-order valence-electron chi connectivity index (χ4n) is 0.306. The van der Waals surface area contributed by atoms with Gasteiger partial charge in [0.2, 0.25) is 0 Å². The lowest BCUT2D eigenvalue weighted by Crippen LogP contribution is -2.24. The summed E-state index contributed by atoms with van der Waals surface area (Å²) in [7, 11) is 0. The molecule has 0 rings (SSSR count). The molecule has 0 aliphatic heterocycles. The van der Waals surface area contributed by atoms with Crippen molar-refractivity contribution in [3.63, 3.8) is 0 Å². The van der Waals surface area contributed by atoms with Crippen molar-refractivity contribution in [1.82, 2.24) is 5.32 Å². The highest BCUT2D eigenvalue weighted by Crippen LogP contribution is 1.51. The van der Waals surface area contributed by atoms with Gasteiger partial charge < -0.3 is 16.2 Å². The van der Waals surface area contributed by atoms with E-state index in [4.69, 9.17) is 10.8 Å². The number of aliphatic hydroxyl groups excluding tert-OH is 1. The highest BCUT2D eigenvalue weighted by atomic mass is 35.5. The van der Waals surface area contributed by atoms with Gasteiger partial charge in [-0.25, -0.2) is 0 Å². The highest BCUT2D eigenvalue weighted by Gasteiger charge is 1.77. The lowest BCUT2D eigenvalue weighted by atomic mass is 10.6. The Morgan fingerprint density at radius 2 is 1.78 bits per heavy atom. The first kappa shape index (κ1) is 16.2. The second kappa shape index (κ2) is 15.8. The van der Waals surface area contributed by atoms with Crippen molar-refractivity contribution in [1.29, 1.82) is 0 Å². The van der Waals surface area contributed by atoms with E-state index in [9.17, 15) is 0 Å². The van der Waals surface area contributed by atoms with Crippen LogP contribution in [-0.2, 0) is 0 Å². The maximum absolute atomic E-state index is 8.19. The van der Waals surface area contributed by atoms with Crippen LogP contribution < -0.4 is 11.1 Å². The van der Waals surface area contributed by atoms with Gasteiger partial charge in [0.15, 0.2) is 0 Å². The van der Waals surface area contributed by atoms with Crippen LogP contribution in [0.25, 0.3) is 0 Å². The highest BCUT2D eigenvalue weighted by molar-refractivity contribution is 5.85. The largest absolute Gasteiger partial charge is 0.395 e. The molecule has 0 saturated carbocycles. The first-order chi connectivity index (χ1) is 3.41. The molecule has 0 aromatic heterocycles. The number of nitrogens with one attached hydrogen (secondary N) is 1. The Hall–Kier alpha value is 0.460. The molecule has 0 atom stereocenters. The van der Waals surface area contributed by atoms with Crippen molar-refractivity contribution in [2.75, 3.05) is 26.2 Å². The molecule has 0 fully saturated rings. The molecule has 5 heteroatoms. The van der Waals surface area contributed by atoms with Gasteiger partial charge >= 0.3 is 0 Å². The second-order valence-electron chi connectivity index (χ2n) is 1.26. The van der Waals surface area contributed by atoms with E-state index in [1.165, 1.54) is 0 Å². The SMILES string of the molecule is Cl.Cl.NCCNCCO. The average molecular weight is 177 g/mol. The molecule has 60 valence electrons. The van der Waals surface area contributed by atoms with E-state index in [0.29, 0.717) is 13.1 Å². The van der Waals surface area contributed by atoms with Crippen molar-refractivity contribution in [3.05, 3.63) is 0 Å². The van der Waals surface area contributed by atoms with Crippen LogP contribution in [0.4, 0.5) is 0 Å². The summed E-state index contributed by atoms with van der Waals surface area (Å²) in [6.07, 6.45) is 0. The van der Waals surface area contributed by atoms with Gasteiger partial charge in [-0.15, -0.1) is 24.8 Å². The zero-order valence-corrected chi connectivity index (χ0v) is 6.80. The fourth-order valence-corrected chi connectivity index (χ4v) is 0.306. The van der Waals surface area contributed by atoms with E-state index >= 15 is 0 Å². The number of rotatable bonds is 4. The lowest BCUT2D eigenvalue weighted by molar-refractivity contribution is 0.293. The van der Waals surface area contributed by atoms with E-state index in [2.05, 4.69) is 5.32 Å². The third kappa shape index (κ3) is 17.7. The van der Waals surface area contributed by atoms with Crippen LogP contribution in [-0.4, -0.2) is 31.3 Å². The topological polar surface area (TPSA) is 58.3 Å². The molecule has 9 heavy (non-hydrogen) atoms. The molecule has 0 spiro atoms. The van der Waals surface area contributed by atoms with Gasteiger partial charge in [0.05, 0.1) is 6.61 Å². The van der Waals surface area contributed by atoms with E-state index in [1.54, 1.807) is 0 Å². The molecular formula is C4H14Cl2N2O. The molecular weight excluding hydrogens is 163 g/mol. The van der Waals surface area contributed by atoms with E-state index in [0.717, 1.165) is 6.54 Å². The predicted octanol–water partition coefficient (Wildman–Crippen LogP) is -0.629. The lowest BCUT2D eigenvalue weighted by Gasteiger charge is -1.95. The van der Waals surface area contributed by atoms with Gasteiger partial charge in [0.1, 0.15) is 0 Å². The van der Waals surface area contributed by atoms with Crippen LogP contribution in [0, 0.1) is 0 Å². The van der Waals surface area contributed by atoms with Gasteiger partial charge in [-0.1, -0.05) is 0 Å². The molecule has 0 heterocycles. The Kier molecular flexibility index (Phi) is 28.5. The number of aliphatic hydroxyl groups is 1. The third-order valence-corrected chi connectivity index (χ3v) is 0.610. The molecule has 0 saturated heterocycles. The maximum Gasteiger partial charge on any atom is 0.0555 e. The van der Waals surface area contributed by atoms with Crippen LogP contribution in [0.2, 0.25) is 0 Å². The van der Waals surface area contributed by atoms with Crippen molar-refractivity contribution < 1.29 is 5.11 Å². The number of hydrogen-bond acceptors (Lipinski definition) is 3. The van der Waals surface area contributed by atoms with Gasteiger partial charge in [0.25, 0.3) is 0 Å². The maximum atomic E-state index is 8.19. The molecule has 0 bridgehead atoms. The molecule has 0 aliphatic carbocycles. The van der Waals surface area contributed by atoms with Gasteiger partial charge in [-0.2, -0.15) is 0 Å². The number of hydrogen-bond donors (Lipinski definition) is 3. The third-order valence-electron chi connectivity index (χ3n) is 0.610. The summed E-state index contributed by atoms with van der Waals surface area (Å²) in [6, 6.07) is 0. The molecule has 0 aromatic rings. The van der Waals surface area contributed by atoms with Crippen molar-refractivity contribution >= 4 is 24.8 Å². The Bertz CT molecular complexity index is 35.7. The molecule has 3 nitrogen and oxygen atoms in total. The Morgan fingerprint density at radius 1 is 1.22 bits per heavy atom. The van der Waals surface area contributed by atoms with Crippen LogP contribution in [0.15, 0.2) is 0 Å². The summed E-state index contributed by atoms with van der Waals surface area (Å²) in [5, 5.41) is 11.1. The van der Waals surface area contributed by atoms with Gasteiger partial charge in [-0.3, -0.25) is 0 Å². The van der Waals surface area contributed by atoms with Crippen LogP contribution >= 0.6 is 24.8 Å². The minimum absolute atomic E-state index is 0. The van der Waals surface area contributed by atoms with Crippen molar-refractivity contribution in [3.8, 4) is 0 Å². The Balaban J connectivity index is -0.000000180. The molecule has 0 unspecified atom stereocenters. The monoisotopic (exact) mass is 176 g/mol. The summed E-state index contributed by atoms with van der Waals surface area (Å²) < 4.78 is 0. The van der Waals surface area contributed by atoms with Crippen molar-refractivity contribution in [2.45, 2.75) is 0 Å². The quantitative estimate of drug-likeness (QED) is 0.501. The zero-order valence-electron chi connectivity index (χ0n) is 5.17.